The standard InChI is InChI=1S/C20H28O2Si.C10H24O2Si/c1-3-5-17-23(18-6-4-2,21-19-13-9-7-10-14-19)22-20-15-11-8-12-16-20;1-7-9(3)13(11-5,12-6)10(4)8-2/h7-16H,3-6,17-18H2,1-2H3;9-10H,7-8H2,1-6H3. The second kappa shape index (κ2) is 17.8. The average Bonchev–Trinajstić information content (AvgIpc) is 2.92. The number of benzene rings is 2. The number of unbranched alkanes of at least 4 members (excludes halogenated alkanes) is 2. The first-order valence-corrected chi connectivity index (χ1v) is 18.1. The van der Waals surface area contributed by atoms with E-state index in [1.54, 1.807) is 14.2 Å². The smallest absolute Gasteiger partial charge is 0.460 e. The van der Waals surface area contributed by atoms with Crippen LogP contribution in [0.15, 0.2) is 60.7 Å². The summed E-state index contributed by atoms with van der Waals surface area (Å²) in [6, 6.07) is 22.4. The first-order valence-electron chi connectivity index (χ1n) is 13.9. The van der Waals surface area contributed by atoms with Gasteiger partial charge >= 0.3 is 17.1 Å². The lowest BCUT2D eigenvalue weighted by Crippen LogP contribution is -2.48. The van der Waals surface area contributed by atoms with Crippen LogP contribution in [0.5, 0.6) is 11.5 Å². The topological polar surface area (TPSA) is 36.9 Å². The fraction of sp³-hybridized carbons (Fsp3) is 0.600. The summed E-state index contributed by atoms with van der Waals surface area (Å²) < 4.78 is 24.5. The third kappa shape index (κ3) is 10.0. The van der Waals surface area contributed by atoms with E-state index >= 15 is 0 Å². The zero-order valence-electron chi connectivity index (χ0n) is 24.2. The highest BCUT2D eigenvalue weighted by Gasteiger charge is 2.45. The molecule has 2 aromatic carbocycles. The van der Waals surface area contributed by atoms with Crippen molar-refractivity contribution in [3.05, 3.63) is 60.7 Å². The van der Waals surface area contributed by atoms with Crippen LogP contribution >= 0.6 is 0 Å². The number of rotatable bonds is 16. The van der Waals surface area contributed by atoms with Crippen LogP contribution in [0.25, 0.3) is 0 Å². The normalized spacial score (nSPS) is 13.3. The Bertz CT molecular complexity index is 721. The van der Waals surface area contributed by atoms with Crippen molar-refractivity contribution in [2.75, 3.05) is 14.2 Å². The molecule has 4 nitrogen and oxygen atoms in total. The van der Waals surface area contributed by atoms with E-state index in [2.05, 4.69) is 41.5 Å². The first kappa shape index (κ1) is 32.4. The van der Waals surface area contributed by atoms with Crippen molar-refractivity contribution in [1.29, 1.82) is 0 Å². The van der Waals surface area contributed by atoms with Crippen molar-refractivity contribution in [1.82, 2.24) is 0 Å². The highest BCUT2D eigenvalue weighted by molar-refractivity contribution is 6.70. The molecule has 0 aliphatic rings. The molecule has 0 aliphatic carbocycles. The third-order valence-electron chi connectivity index (χ3n) is 7.15. The van der Waals surface area contributed by atoms with Crippen molar-refractivity contribution in [3.8, 4) is 11.5 Å². The summed E-state index contributed by atoms with van der Waals surface area (Å²) in [5.41, 5.74) is 1.13. The summed E-state index contributed by atoms with van der Waals surface area (Å²) in [5, 5.41) is 0. The van der Waals surface area contributed by atoms with E-state index in [-0.39, 0.29) is 0 Å². The minimum Gasteiger partial charge on any atom is -0.512 e. The molecule has 2 atom stereocenters. The second-order valence-corrected chi connectivity index (χ2v) is 17.2. The monoisotopic (exact) mass is 532 g/mol. The van der Waals surface area contributed by atoms with Crippen LogP contribution in [0, 0.1) is 0 Å². The van der Waals surface area contributed by atoms with Crippen LogP contribution in [0.3, 0.4) is 0 Å². The van der Waals surface area contributed by atoms with Crippen molar-refractivity contribution in [2.24, 2.45) is 0 Å². The molecule has 0 amide bonds. The molecule has 0 fully saturated rings. The minimum absolute atomic E-state index is 0.567. The Hall–Kier alpha value is -1.61. The maximum absolute atomic E-state index is 6.53. The Morgan fingerprint density at radius 3 is 1.25 bits per heavy atom. The lowest BCUT2D eigenvalue weighted by atomic mass is 10.3. The molecule has 0 saturated heterocycles. The van der Waals surface area contributed by atoms with Gasteiger partial charge < -0.3 is 17.7 Å². The van der Waals surface area contributed by atoms with Gasteiger partial charge in [0.05, 0.1) is 0 Å². The molecule has 0 bridgehead atoms. The van der Waals surface area contributed by atoms with E-state index < -0.39 is 17.1 Å². The van der Waals surface area contributed by atoms with Gasteiger partial charge in [0.1, 0.15) is 11.5 Å². The molecular formula is C30H52O4Si2. The molecule has 6 heteroatoms. The zero-order valence-corrected chi connectivity index (χ0v) is 26.2. The number of hydrogen-bond donors (Lipinski definition) is 0. The second-order valence-electron chi connectivity index (χ2n) is 9.70. The molecule has 0 spiro atoms. The van der Waals surface area contributed by atoms with Gasteiger partial charge in [0.2, 0.25) is 0 Å². The van der Waals surface area contributed by atoms with Gasteiger partial charge in [-0.1, -0.05) is 104 Å². The summed E-state index contributed by atoms with van der Waals surface area (Å²) in [5.74, 6) is 1.87. The molecule has 0 N–H and O–H groups in total. The highest BCUT2D eigenvalue weighted by Crippen LogP contribution is 2.37. The Morgan fingerprint density at radius 1 is 0.611 bits per heavy atom. The van der Waals surface area contributed by atoms with Crippen molar-refractivity contribution < 1.29 is 17.7 Å². The van der Waals surface area contributed by atoms with Crippen LogP contribution in [0.1, 0.15) is 80.1 Å². The Morgan fingerprint density at radius 2 is 0.972 bits per heavy atom. The minimum atomic E-state index is -2.32. The predicted octanol–water partition coefficient (Wildman–Crippen LogP) is 9.51. The van der Waals surface area contributed by atoms with Gasteiger partial charge in [-0.15, -0.1) is 0 Å². The molecule has 0 heterocycles. The van der Waals surface area contributed by atoms with Crippen LogP contribution in [0.2, 0.25) is 23.2 Å². The Labute approximate surface area is 224 Å². The summed E-state index contributed by atoms with van der Waals surface area (Å²) in [6.07, 6.45) is 6.90. The molecule has 0 saturated carbocycles. The largest absolute Gasteiger partial charge is 0.512 e. The lowest BCUT2D eigenvalue weighted by Gasteiger charge is -2.37. The van der Waals surface area contributed by atoms with Gasteiger partial charge in [-0.3, -0.25) is 0 Å². The van der Waals surface area contributed by atoms with Gasteiger partial charge in [-0.05, 0) is 48.2 Å². The molecule has 0 aromatic heterocycles. The zero-order chi connectivity index (χ0) is 26.9. The summed E-state index contributed by atoms with van der Waals surface area (Å²) in [4.78, 5) is 0. The third-order valence-corrected chi connectivity index (χ3v) is 15.4. The molecule has 0 radical (unpaired) electrons. The van der Waals surface area contributed by atoms with Gasteiger partial charge in [-0.2, -0.15) is 0 Å². The fourth-order valence-electron chi connectivity index (χ4n) is 4.59. The molecular weight excluding hydrogens is 480 g/mol. The van der Waals surface area contributed by atoms with Crippen LogP contribution in [0.4, 0.5) is 0 Å². The summed E-state index contributed by atoms with van der Waals surface area (Å²) in [6.45, 7) is 13.3. The van der Waals surface area contributed by atoms with Crippen LogP contribution < -0.4 is 8.85 Å². The van der Waals surface area contributed by atoms with Crippen molar-refractivity contribution >= 4 is 17.1 Å². The molecule has 36 heavy (non-hydrogen) atoms. The lowest BCUT2D eigenvalue weighted by molar-refractivity contribution is 0.216. The van der Waals surface area contributed by atoms with E-state index in [1.165, 1.54) is 0 Å². The molecule has 2 unspecified atom stereocenters. The maximum atomic E-state index is 6.53. The van der Waals surface area contributed by atoms with E-state index in [0.29, 0.717) is 11.1 Å². The average molecular weight is 533 g/mol. The van der Waals surface area contributed by atoms with E-state index in [4.69, 9.17) is 17.7 Å². The Kier molecular flexibility index (Phi) is 16.0. The van der Waals surface area contributed by atoms with E-state index in [0.717, 1.165) is 62.1 Å². The molecule has 2 aromatic rings. The maximum Gasteiger partial charge on any atom is 0.460 e. The molecule has 204 valence electrons. The number of para-hydroxylation sites is 2. The highest BCUT2D eigenvalue weighted by atomic mass is 28.4. The van der Waals surface area contributed by atoms with Gasteiger partial charge in [0.25, 0.3) is 0 Å². The predicted molar refractivity (Wildman–Crippen MR) is 159 cm³/mol. The van der Waals surface area contributed by atoms with E-state index in [9.17, 15) is 0 Å². The SMILES string of the molecule is CCC(C)[Si](OC)(OC)C(C)CC.CCCC[Si](CCCC)(Oc1ccccc1)Oc1ccccc1. The molecule has 2 rings (SSSR count). The van der Waals surface area contributed by atoms with Crippen LogP contribution in [-0.2, 0) is 8.85 Å². The summed E-state index contributed by atoms with van der Waals surface area (Å²) in [7, 11) is -0.670. The van der Waals surface area contributed by atoms with E-state index in [1.807, 2.05) is 60.7 Å². The van der Waals surface area contributed by atoms with Crippen molar-refractivity contribution in [2.45, 2.75) is 103 Å². The Balaban J connectivity index is 0.000000426. The van der Waals surface area contributed by atoms with Crippen molar-refractivity contribution in [3.63, 3.8) is 0 Å². The number of hydrogen-bond acceptors (Lipinski definition) is 4. The van der Waals surface area contributed by atoms with Crippen LogP contribution in [-0.4, -0.2) is 31.3 Å². The van der Waals surface area contributed by atoms with Gasteiger partial charge in [-0.25, -0.2) is 0 Å². The quantitative estimate of drug-likeness (QED) is 0.202. The first-order chi connectivity index (χ1) is 17.4. The van der Waals surface area contributed by atoms with Gasteiger partial charge in [0, 0.05) is 26.3 Å². The summed E-state index contributed by atoms with van der Waals surface area (Å²) >= 11 is 0. The van der Waals surface area contributed by atoms with Gasteiger partial charge in [0.15, 0.2) is 0 Å². The fourth-order valence-corrected chi connectivity index (χ4v) is 12.1. The molecule has 0 aliphatic heterocycles.